The molecule has 0 saturated heterocycles. The van der Waals surface area contributed by atoms with Gasteiger partial charge >= 0.3 is 5.97 Å². The molecule has 5 heteroatoms. The summed E-state index contributed by atoms with van der Waals surface area (Å²) in [6, 6.07) is 9.96. The third-order valence-corrected chi connectivity index (χ3v) is 2.32. The summed E-state index contributed by atoms with van der Waals surface area (Å²) >= 11 is 0. The lowest BCUT2D eigenvalue weighted by atomic mass is 10.3. The average Bonchev–Trinajstić information content (AvgIpc) is 2.91. The highest BCUT2D eigenvalue weighted by molar-refractivity contribution is 5.89. The molecule has 0 aliphatic heterocycles. The van der Waals surface area contributed by atoms with Crippen LogP contribution >= 0.6 is 0 Å². The minimum absolute atomic E-state index is 0.156. The fraction of sp³-hybridized carbons (Fsp3) is 0.0667. The smallest absolute Gasteiger partial charge is 0.336 e. The minimum atomic E-state index is -0.506. The van der Waals surface area contributed by atoms with Crippen molar-refractivity contribution in [2.75, 3.05) is 5.32 Å². The lowest BCUT2D eigenvalue weighted by Gasteiger charge is -2.04. The highest BCUT2D eigenvalue weighted by Gasteiger charge is 2.02. The summed E-state index contributed by atoms with van der Waals surface area (Å²) in [5, 5.41) is 2.62. The molecule has 1 aromatic carbocycles. The molecule has 0 radical (unpaired) electrons. The molecule has 2 rings (SSSR count). The van der Waals surface area contributed by atoms with Crippen molar-refractivity contribution in [3.63, 3.8) is 0 Å². The van der Waals surface area contributed by atoms with Crippen LogP contribution in [0.15, 0.2) is 53.2 Å². The van der Waals surface area contributed by atoms with Gasteiger partial charge in [0.1, 0.15) is 11.5 Å². The van der Waals surface area contributed by atoms with E-state index in [9.17, 15) is 9.59 Å². The third kappa shape index (κ3) is 4.13. The summed E-state index contributed by atoms with van der Waals surface area (Å²) in [4.78, 5) is 22.4. The number of carbonyl (C=O) groups is 2. The Bertz CT molecular complexity index is 612. The molecule has 0 unspecified atom stereocenters. The van der Waals surface area contributed by atoms with Crippen LogP contribution in [-0.4, -0.2) is 11.9 Å². The summed E-state index contributed by atoms with van der Waals surface area (Å²) in [6.07, 6.45) is 4.32. The predicted molar refractivity (Wildman–Crippen MR) is 74.1 cm³/mol. The molecule has 0 saturated carbocycles. The molecular weight excluding hydrogens is 258 g/mol. The van der Waals surface area contributed by atoms with E-state index in [0.29, 0.717) is 17.2 Å². The van der Waals surface area contributed by atoms with Gasteiger partial charge in [-0.25, -0.2) is 4.79 Å². The molecule has 0 aliphatic rings. The maximum atomic E-state index is 11.5. The van der Waals surface area contributed by atoms with Gasteiger partial charge in [0.25, 0.3) is 0 Å². The first-order valence-electron chi connectivity index (χ1n) is 5.94. The van der Waals surface area contributed by atoms with E-state index in [2.05, 4.69) is 5.32 Å². The number of benzene rings is 1. The van der Waals surface area contributed by atoms with Gasteiger partial charge in [-0.3, -0.25) is 4.79 Å². The Balaban J connectivity index is 1.92. The van der Waals surface area contributed by atoms with Crippen molar-refractivity contribution in [2.45, 2.75) is 6.92 Å². The van der Waals surface area contributed by atoms with E-state index < -0.39 is 5.97 Å². The van der Waals surface area contributed by atoms with E-state index >= 15 is 0 Å². The first-order chi connectivity index (χ1) is 9.63. The SMILES string of the molecule is CC(=O)Nc1ccc(OC(=O)/C=C/c2ccco2)cc1. The van der Waals surface area contributed by atoms with E-state index in [1.54, 1.807) is 36.4 Å². The van der Waals surface area contributed by atoms with Crippen molar-refractivity contribution in [1.29, 1.82) is 0 Å². The molecule has 20 heavy (non-hydrogen) atoms. The van der Waals surface area contributed by atoms with Crippen molar-refractivity contribution in [1.82, 2.24) is 0 Å². The van der Waals surface area contributed by atoms with Crippen LogP contribution in [-0.2, 0) is 9.59 Å². The Morgan fingerprint density at radius 1 is 1.20 bits per heavy atom. The average molecular weight is 271 g/mol. The Kier molecular flexibility index (Phi) is 4.34. The van der Waals surface area contributed by atoms with Crippen LogP contribution in [0.2, 0.25) is 0 Å². The van der Waals surface area contributed by atoms with E-state index in [1.165, 1.54) is 25.3 Å². The minimum Gasteiger partial charge on any atom is -0.465 e. The van der Waals surface area contributed by atoms with Crippen LogP contribution in [0.25, 0.3) is 6.08 Å². The number of rotatable bonds is 4. The second-order valence-corrected chi connectivity index (χ2v) is 3.98. The van der Waals surface area contributed by atoms with Crippen LogP contribution in [0.5, 0.6) is 5.75 Å². The number of ether oxygens (including phenoxy) is 1. The molecule has 102 valence electrons. The van der Waals surface area contributed by atoms with Gasteiger partial charge in [-0.05, 0) is 42.5 Å². The van der Waals surface area contributed by atoms with Crippen molar-refractivity contribution in [3.05, 3.63) is 54.5 Å². The molecular formula is C15H13NO4. The Labute approximate surface area is 115 Å². The van der Waals surface area contributed by atoms with Crippen LogP contribution in [0, 0.1) is 0 Å². The Morgan fingerprint density at radius 3 is 2.55 bits per heavy atom. The van der Waals surface area contributed by atoms with Gasteiger partial charge in [0.15, 0.2) is 0 Å². The monoisotopic (exact) mass is 271 g/mol. The summed E-state index contributed by atoms with van der Waals surface area (Å²) in [5.41, 5.74) is 0.642. The Morgan fingerprint density at radius 2 is 1.95 bits per heavy atom. The molecule has 0 atom stereocenters. The van der Waals surface area contributed by atoms with E-state index in [4.69, 9.17) is 9.15 Å². The van der Waals surface area contributed by atoms with E-state index in [1.807, 2.05) is 0 Å². The first kappa shape index (κ1) is 13.6. The summed E-state index contributed by atoms with van der Waals surface area (Å²) in [7, 11) is 0. The largest absolute Gasteiger partial charge is 0.465 e. The normalized spacial score (nSPS) is 10.4. The number of carbonyl (C=O) groups excluding carboxylic acids is 2. The van der Waals surface area contributed by atoms with Gasteiger partial charge in [0, 0.05) is 18.7 Å². The van der Waals surface area contributed by atoms with Crippen molar-refractivity contribution in [3.8, 4) is 5.75 Å². The van der Waals surface area contributed by atoms with Crippen LogP contribution in [0.3, 0.4) is 0 Å². The molecule has 0 spiro atoms. The third-order valence-electron chi connectivity index (χ3n) is 2.32. The number of esters is 1. The van der Waals surface area contributed by atoms with Gasteiger partial charge in [-0.1, -0.05) is 0 Å². The van der Waals surface area contributed by atoms with E-state index in [-0.39, 0.29) is 5.91 Å². The maximum Gasteiger partial charge on any atom is 0.336 e. The van der Waals surface area contributed by atoms with Crippen LogP contribution in [0.4, 0.5) is 5.69 Å². The number of hydrogen-bond donors (Lipinski definition) is 1. The molecule has 0 bridgehead atoms. The van der Waals surface area contributed by atoms with Gasteiger partial charge in [0.2, 0.25) is 5.91 Å². The fourth-order valence-electron chi connectivity index (χ4n) is 1.50. The van der Waals surface area contributed by atoms with E-state index in [0.717, 1.165) is 0 Å². The standard InChI is InChI=1S/C15H13NO4/c1-11(17)16-12-4-6-14(7-5-12)20-15(18)9-8-13-3-2-10-19-13/h2-10H,1H3,(H,16,17)/b9-8+. The number of amides is 1. The molecule has 1 N–H and O–H groups in total. The summed E-state index contributed by atoms with van der Waals surface area (Å²) in [6.45, 7) is 1.42. The van der Waals surface area contributed by atoms with Crippen molar-refractivity contribution >= 4 is 23.6 Å². The molecule has 0 aliphatic carbocycles. The molecule has 0 fully saturated rings. The number of nitrogens with one attached hydrogen (secondary N) is 1. The number of furan rings is 1. The fourth-order valence-corrected chi connectivity index (χ4v) is 1.50. The van der Waals surface area contributed by atoms with Crippen LogP contribution < -0.4 is 10.1 Å². The zero-order valence-electron chi connectivity index (χ0n) is 10.8. The highest BCUT2D eigenvalue weighted by Crippen LogP contribution is 2.16. The van der Waals surface area contributed by atoms with Crippen LogP contribution in [0.1, 0.15) is 12.7 Å². The summed E-state index contributed by atoms with van der Waals surface area (Å²) < 4.78 is 10.1. The molecule has 1 aromatic heterocycles. The van der Waals surface area contributed by atoms with Gasteiger partial charge in [-0.2, -0.15) is 0 Å². The predicted octanol–water partition coefficient (Wildman–Crippen LogP) is 2.86. The van der Waals surface area contributed by atoms with Gasteiger partial charge in [0.05, 0.1) is 6.26 Å². The Hall–Kier alpha value is -2.82. The van der Waals surface area contributed by atoms with Gasteiger partial charge < -0.3 is 14.5 Å². The number of anilines is 1. The lowest BCUT2D eigenvalue weighted by molar-refractivity contribution is -0.128. The zero-order valence-corrected chi connectivity index (χ0v) is 10.8. The first-order valence-corrected chi connectivity index (χ1v) is 5.94. The summed E-state index contributed by atoms with van der Waals surface area (Å²) in [5.74, 6) is 0.306. The zero-order chi connectivity index (χ0) is 14.4. The topological polar surface area (TPSA) is 68.5 Å². The maximum absolute atomic E-state index is 11.5. The molecule has 1 heterocycles. The lowest BCUT2D eigenvalue weighted by Crippen LogP contribution is -2.06. The molecule has 2 aromatic rings. The molecule has 5 nitrogen and oxygen atoms in total. The van der Waals surface area contributed by atoms with Gasteiger partial charge in [-0.15, -0.1) is 0 Å². The highest BCUT2D eigenvalue weighted by atomic mass is 16.5. The second-order valence-electron chi connectivity index (χ2n) is 3.98. The molecule has 1 amide bonds. The second kappa shape index (κ2) is 6.38. The van der Waals surface area contributed by atoms with Crippen molar-refractivity contribution in [2.24, 2.45) is 0 Å². The van der Waals surface area contributed by atoms with Crippen molar-refractivity contribution < 1.29 is 18.7 Å². The quantitative estimate of drug-likeness (QED) is 0.527. The number of hydrogen-bond acceptors (Lipinski definition) is 4.